The minimum Gasteiger partial charge on any atom is -0.497 e. The smallest absolute Gasteiger partial charge is 0.253 e. The number of carbonyl (C=O) groups is 1. The molecule has 0 saturated carbocycles. The zero-order chi connectivity index (χ0) is 22.2. The molecule has 2 aliphatic heterocycles. The fourth-order valence-electron chi connectivity index (χ4n) is 4.54. The van der Waals surface area contributed by atoms with Gasteiger partial charge >= 0.3 is 0 Å². The van der Waals surface area contributed by atoms with Gasteiger partial charge in [0.25, 0.3) is 5.91 Å². The lowest BCUT2D eigenvalue weighted by Gasteiger charge is -2.42. The summed E-state index contributed by atoms with van der Waals surface area (Å²) in [6, 6.07) is 12.2. The molecule has 0 atom stereocenters. The third kappa shape index (κ3) is 4.07. The molecule has 0 N–H and O–H groups in total. The molecule has 2 aromatic carbocycles. The van der Waals surface area contributed by atoms with Gasteiger partial charge < -0.3 is 14.4 Å². The summed E-state index contributed by atoms with van der Waals surface area (Å²) in [5, 5.41) is 0. The number of aryl methyl sites for hydroxylation is 2. The lowest BCUT2D eigenvalue weighted by atomic mass is 9.99. The van der Waals surface area contributed by atoms with Crippen LogP contribution in [0, 0.1) is 13.8 Å². The average molecular weight is 445 g/mol. The van der Waals surface area contributed by atoms with Crippen LogP contribution in [-0.2, 0) is 14.8 Å². The standard InChI is InChI=1S/C23H28N2O5S/c1-17-14-18(2)16-19(15-17)22(26)24-10-8-23(9-11-24)25(12-13-30-23)31(27,28)21-6-4-20(29-3)5-7-21/h4-7,14-16H,8-13H2,1-3H3. The van der Waals surface area contributed by atoms with Gasteiger partial charge in [0.15, 0.2) is 0 Å². The highest BCUT2D eigenvalue weighted by Gasteiger charge is 2.51. The lowest BCUT2D eigenvalue weighted by molar-refractivity contribution is -0.0857. The van der Waals surface area contributed by atoms with Gasteiger partial charge in [-0.2, -0.15) is 4.31 Å². The fraction of sp³-hybridized carbons (Fsp3) is 0.435. The molecule has 2 fully saturated rings. The van der Waals surface area contributed by atoms with E-state index in [1.165, 1.54) is 4.31 Å². The number of methoxy groups -OCH3 is 1. The summed E-state index contributed by atoms with van der Waals surface area (Å²) in [5.41, 5.74) is 1.86. The van der Waals surface area contributed by atoms with E-state index in [4.69, 9.17) is 9.47 Å². The Morgan fingerprint density at radius 1 is 1.00 bits per heavy atom. The molecule has 2 aromatic rings. The van der Waals surface area contributed by atoms with Crippen molar-refractivity contribution in [2.24, 2.45) is 0 Å². The molecule has 0 bridgehead atoms. The van der Waals surface area contributed by atoms with Crippen molar-refractivity contribution in [2.75, 3.05) is 33.4 Å². The lowest BCUT2D eigenvalue weighted by Crippen LogP contribution is -2.55. The number of benzene rings is 2. The molecule has 31 heavy (non-hydrogen) atoms. The molecule has 7 nitrogen and oxygen atoms in total. The van der Waals surface area contributed by atoms with E-state index in [1.807, 2.05) is 32.0 Å². The largest absolute Gasteiger partial charge is 0.497 e. The number of carbonyl (C=O) groups excluding carboxylic acids is 1. The number of likely N-dealkylation sites (tertiary alicyclic amines) is 1. The molecule has 0 unspecified atom stereocenters. The molecule has 1 amide bonds. The van der Waals surface area contributed by atoms with Crippen LogP contribution in [0.3, 0.4) is 0 Å². The second kappa shape index (κ2) is 8.26. The minimum absolute atomic E-state index is 0.0239. The topological polar surface area (TPSA) is 76.2 Å². The van der Waals surface area contributed by atoms with E-state index in [2.05, 4.69) is 0 Å². The van der Waals surface area contributed by atoms with E-state index in [0.29, 0.717) is 50.4 Å². The van der Waals surface area contributed by atoms with Gasteiger partial charge in [0.1, 0.15) is 11.5 Å². The van der Waals surface area contributed by atoms with Crippen LogP contribution in [0.4, 0.5) is 0 Å². The Morgan fingerprint density at radius 3 is 2.19 bits per heavy atom. The first-order chi connectivity index (χ1) is 14.7. The third-order valence-corrected chi connectivity index (χ3v) is 8.03. The van der Waals surface area contributed by atoms with Crippen molar-refractivity contribution in [1.29, 1.82) is 0 Å². The first-order valence-corrected chi connectivity index (χ1v) is 11.9. The van der Waals surface area contributed by atoms with Gasteiger partial charge in [-0.3, -0.25) is 4.79 Å². The highest BCUT2D eigenvalue weighted by molar-refractivity contribution is 7.89. The summed E-state index contributed by atoms with van der Waals surface area (Å²) < 4.78 is 39.3. The van der Waals surface area contributed by atoms with Gasteiger partial charge in [-0.1, -0.05) is 17.2 Å². The van der Waals surface area contributed by atoms with Gasteiger partial charge in [-0.15, -0.1) is 0 Å². The van der Waals surface area contributed by atoms with E-state index in [0.717, 1.165) is 11.1 Å². The third-order valence-electron chi connectivity index (χ3n) is 6.07. The summed E-state index contributed by atoms with van der Waals surface area (Å²) in [4.78, 5) is 15.0. The number of hydrogen-bond acceptors (Lipinski definition) is 5. The second-order valence-corrected chi connectivity index (χ2v) is 10.1. The number of nitrogens with zero attached hydrogens (tertiary/aromatic N) is 2. The van der Waals surface area contributed by atoms with Crippen molar-refractivity contribution >= 4 is 15.9 Å². The van der Waals surface area contributed by atoms with Crippen molar-refractivity contribution in [3.8, 4) is 5.75 Å². The van der Waals surface area contributed by atoms with Crippen LogP contribution >= 0.6 is 0 Å². The number of hydrogen-bond donors (Lipinski definition) is 0. The molecule has 2 heterocycles. The molecule has 1 spiro atoms. The van der Waals surface area contributed by atoms with Gasteiger partial charge in [0, 0.05) is 38.0 Å². The number of ether oxygens (including phenoxy) is 2. The van der Waals surface area contributed by atoms with E-state index >= 15 is 0 Å². The average Bonchev–Trinajstić information content (AvgIpc) is 3.17. The van der Waals surface area contributed by atoms with E-state index < -0.39 is 15.7 Å². The van der Waals surface area contributed by atoms with Crippen LogP contribution in [0.1, 0.15) is 34.3 Å². The molecule has 0 aromatic heterocycles. The van der Waals surface area contributed by atoms with Crippen LogP contribution in [0.15, 0.2) is 47.4 Å². The fourth-order valence-corrected chi connectivity index (χ4v) is 6.26. The Bertz CT molecular complexity index is 1050. The maximum absolute atomic E-state index is 13.3. The minimum atomic E-state index is -3.72. The highest BCUT2D eigenvalue weighted by atomic mass is 32.2. The summed E-state index contributed by atoms with van der Waals surface area (Å²) in [6.45, 7) is 5.49. The van der Waals surface area contributed by atoms with Crippen molar-refractivity contribution < 1.29 is 22.7 Å². The second-order valence-electron chi connectivity index (χ2n) is 8.22. The zero-order valence-electron chi connectivity index (χ0n) is 18.1. The Labute approximate surface area is 183 Å². The van der Waals surface area contributed by atoms with E-state index in [-0.39, 0.29) is 10.8 Å². The van der Waals surface area contributed by atoms with Crippen molar-refractivity contribution in [3.63, 3.8) is 0 Å². The van der Waals surface area contributed by atoms with Crippen molar-refractivity contribution in [1.82, 2.24) is 9.21 Å². The Kier molecular flexibility index (Phi) is 5.81. The maximum atomic E-state index is 13.3. The van der Waals surface area contributed by atoms with Crippen LogP contribution in [0.5, 0.6) is 5.75 Å². The molecular weight excluding hydrogens is 416 g/mol. The van der Waals surface area contributed by atoms with Gasteiger partial charge in [-0.25, -0.2) is 8.42 Å². The Hall–Kier alpha value is -2.42. The van der Waals surface area contributed by atoms with Crippen LogP contribution in [0.25, 0.3) is 0 Å². The Morgan fingerprint density at radius 2 is 1.61 bits per heavy atom. The molecule has 2 aliphatic rings. The van der Waals surface area contributed by atoms with E-state index in [1.54, 1.807) is 36.3 Å². The zero-order valence-corrected chi connectivity index (χ0v) is 18.9. The first-order valence-electron chi connectivity index (χ1n) is 10.4. The SMILES string of the molecule is COc1ccc(S(=O)(=O)N2CCOC23CCN(C(=O)c2cc(C)cc(C)c2)CC3)cc1. The quantitative estimate of drug-likeness (QED) is 0.725. The van der Waals surface area contributed by atoms with Gasteiger partial charge in [0.2, 0.25) is 10.0 Å². The molecule has 4 rings (SSSR count). The number of piperidine rings is 1. The van der Waals surface area contributed by atoms with Crippen molar-refractivity contribution in [3.05, 3.63) is 59.2 Å². The first kappa shape index (κ1) is 21.8. The highest BCUT2D eigenvalue weighted by Crippen LogP contribution is 2.38. The molecule has 166 valence electrons. The molecule has 2 saturated heterocycles. The predicted molar refractivity (Wildman–Crippen MR) is 117 cm³/mol. The molecule has 8 heteroatoms. The van der Waals surface area contributed by atoms with Gasteiger partial charge in [-0.05, 0) is 50.2 Å². The molecule has 0 aliphatic carbocycles. The maximum Gasteiger partial charge on any atom is 0.253 e. The number of rotatable bonds is 4. The predicted octanol–water partition coefficient (Wildman–Crippen LogP) is 2.97. The van der Waals surface area contributed by atoms with Gasteiger partial charge in [0.05, 0.1) is 18.6 Å². The number of amides is 1. The normalized spacial score (nSPS) is 19.0. The molecule has 0 radical (unpaired) electrons. The van der Waals surface area contributed by atoms with Crippen molar-refractivity contribution in [2.45, 2.75) is 37.3 Å². The van der Waals surface area contributed by atoms with Crippen LogP contribution in [-0.4, -0.2) is 62.6 Å². The monoisotopic (exact) mass is 444 g/mol. The number of sulfonamides is 1. The summed E-state index contributed by atoms with van der Waals surface area (Å²) in [5.74, 6) is 0.578. The van der Waals surface area contributed by atoms with E-state index in [9.17, 15) is 13.2 Å². The van der Waals surface area contributed by atoms with Crippen LogP contribution < -0.4 is 4.74 Å². The molecular formula is C23H28N2O5S. The van der Waals surface area contributed by atoms with Crippen LogP contribution in [0.2, 0.25) is 0 Å². The Balaban J connectivity index is 1.52. The summed E-state index contributed by atoms with van der Waals surface area (Å²) in [7, 11) is -2.18. The summed E-state index contributed by atoms with van der Waals surface area (Å²) in [6.07, 6.45) is 0.887. The summed E-state index contributed by atoms with van der Waals surface area (Å²) >= 11 is 0.